The van der Waals surface area contributed by atoms with Crippen LogP contribution in [0, 0.1) is 0 Å². The van der Waals surface area contributed by atoms with Crippen LogP contribution in [-0.4, -0.2) is 168 Å². The molecule has 9 rings (SSSR count). The smallest absolute Gasteiger partial charge is 0.411 e. The second kappa shape index (κ2) is 40.7. The molecule has 3 heterocycles. The SMILES string of the molecule is CC[C@@H](O[Si](c1ccccc1)(c1ccccc1)C(C)(C)C)[C@@]1(C)OC(=O)N(CCCCN=[N+]=[N-])[C@@H]1C(C)=O.CC[C@@H](O[Si](c1ccccc1)(c1ccccc1)C(C)(C)C)[C@@]1(C)OC(=O)N(CCCCN=[N+]=[N-])[C@@H]1[C@@H](C)N.CC[C@@H](O[Si](c1ccccc1)(c1ccccc1)C(C)(C)C)[C@@]1(C)OC(=O)N(CCCCN=[N+]=[N-])[C@@H]1[C@H](C)N. The highest BCUT2D eigenvalue weighted by atomic mass is 28.4. The number of carbonyl (C=O) groups is 4. The predicted octanol–water partition coefficient (Wildman–Crippen LogP) is 16.3. The number of unbranched alkanes of at least 4 members (excludes halogenated alkanes) is 3. The van der Waals surface area contributed by atoms with Gasteiger partial charge in [-0.05, 0) is 162 Å². The van der Waals surface area contributed by atoms with E-state index < -0.39 is 60.0 Å². The molecular formula is C87H126N14O10Si3. The highest BCUT2D eigenvalue weighted by Crippen LogP contribution is 2.47. The van der Waals surface area contributed by atoms with Gasteiger partial charge >= 0.3 is 18.3 Å². The lowest BCUT2D eigenvalue weighted by atomic mass is 9.85. The number of nitrogens with zero attached hydrogens (tertiary/aromatic N) is 12. The van der Waals surface area contributed by atoms with Crippen molar-refractivity contribution in [3.63, 3.8) is 0 Å². The number of cyclic esters (lactones) is 3. The molecule has 0 bridgehead atoms. The first-order valence-electron chi connectivity index (χ1n) is 40.5. The summed E-state index contributed by atoms with van der Waals surface area (Å²) in [6.07, 6.45) is 3.28. The van der Waals surface area contributed by atoms with Crippen molar-refractivity contribution < 1.29 is 46.7 Å². The monoisotopic (exact) mass is 1610 g/mol. The number of benzene rings is 6. The van der Waals surface area contributed by atoms with Crippen molar-refractivity contribution in [1.82, 2.24) is 14.7 Å². The number of Topliss-reactive ketones (excluding diaryl/α,β-unsaturated/α-hetero) is 1. The van der Waals surface area contributed by atoms with Gasteiger partial charge in [-0.1, -0.05) is 280 Å². The third-order valence-electron chi connectivity index (χ3n) is 22.9. The summed E-state index contributed by atoms with van der Waals surface area (Å²) in [4.78, 5) is 66.2. The van der Waals surface area contributed by atoms with E-state index in [0.29, 0.717) is 97.1 Å². The number of ketones is 1. The number of ether oxygens (including phenoxy) is 3. The molecule has 616 valence electrons. The van der Waals surface area contributed by atoms with Gasteiger partial charge in [0.1, 0.15) is 6.04 Å². The van der Waals surface area contributed by atoms with Crippen LogP contribution < -0.4 is 42.6 Å². The molecule has 4 N–H and O–H groups in total. The fraction of sp³-hybridized carbons (Fsp3) is 0.540. The topological polar surface area (TPSA) is 332 Å². The summed E-state index contributed by atoms with van der Waals surface area (Å²) < 4.78 is 40.8. The number of nitrogens with two attached hydrogens (primary N) is 2. The molecule has 6 aromatic carbocycles. The molecule has 0 radical (unpaired) electrons. The molecule has 3 saturated heterocycles. The average Bonchev–Trinajstić information content (AvgIpc) is 1.17. The molecule has 3 amide bonds. The van der Waals surface area contributed by atoms with Crippen molar-refractivity contribution in [3.8, 4) is 0 Å². The second-order valence-electron chi connectivity index (χ2n) is 33.9. The van der Waals surface area contributed by atoms with Crippen molar-refractivity contribution in [2.24, 2.45) is 26.8 Å². The number of carbonyl (C=O) groups excluding carboxylic acids is 4. The Hall–Kier alpha value is -8.82. The van der Waals surface area contributed by atoms with Gasteiger partial charge in [-0.15, -0.1) is 0 Å². The molecule has 3 fully saturated rings. The lowest BCUT2D eigenvalue weighted by Gasteiger charge is -2.49. The summed E-state index contributed by atoms with van der Waals surface area (Å²) in [7, 11) is -8.75. The minimum Gasteiger partial charge on any atom is -0.438 e. The molecule has 11 atom stereocenters. The Morgan fingerprint density at radius 3 is 0.851 bits per heavy atom. The minimum absolute atomic E-state index is 0.141. The quantitative estimate of drug-likeness (QED) is 0.00926. The summed E-state index contributed by atoms with van der Waals surface area (Å²) in [6, 6.07) is 60.4. The largest absolute Gasteiger partial charge is 0.438 e. The molecule has 6 aromatic rings. The molecule has 0 saturated carbocycles. The molecule has 0 unspecified atom stereocenters. The third kappa shape index (κ3) is 20.2. The maximum atomic E-state index is 13.3. The van der Waals surface area contributed by atoms with E-state index in [-0.39, 0.29) is 69.5 Å². The van der Waals surface area contributed by atoms with Gasteiger partial charge in [0.05, 0.1) is 30.4 Å². The van der Waals surface area contributed by atoms with Crippen LogP contribution in [0.1, 0.15) is 182 Å². The zero-order valence-electron chi connectivity index (χ0n) is 70.6. The van der Waals surface area contributed by atoms with Crippen LogP contribution in [0.5, 0.6) is 0 Å². The predicted molar refractivity (Wildman–Crippen MR) is 462 cm³/mol. The van der Waals surface area contributed by atoms with E-state index in [0.717, 1.165) is 10.4 Å². The first-order valence-corrected chi connectivity index (χ1v) is 46.2. The van der Waals surface area contributed by atoms with Gasteiger partial charge in [-0.25, -0.2) is 14.4 Å². The summed E-state index contributed by atoms with van der Waals surface area (Å²) in [5.41, 5.74) is 35.7. The van der Waals surface area contributed by atoms with E-state index in [1.807, 2.05) is 102 Å². The van der Waals surface area contributed by atoms with Crippen LogP contribution in [0.3, 0.4) is 0 Å². The third-order valence-corrected chi connectivity index (χ3v) is 38.0. The highest BCUT2D eigenvalue weighted by molar-refractivity contribution is 7.00. The number of hydrogen-bond acceptors (Lipinski definition) is 15. The zero-order valence-corrected chi connectivity index (χ0v) is 73.6. The number of hydrogen-bond donors (Lipinski definition) is 2. The van der Waals surface area contributed by atoms with Crippen molar-refractivity contribution in [1.29, 1.82) is 0 Å². The Morgan fingerprint density at radius 2 is 0.640 bits per heavy atom. The number of azide groups is 3. The van der Waals surface area contributed by atoms with Crippen LogP contribution >= 0.6 is 0 Å². The molecule has 114 heavy (non-hydrogen) atoms. The van der Waals surface area contributed by atoms with Crippen LogP contribution in [0.25, 0.3) is 31.3 Å². The second-order valence-corrected chi connectivity index (χ2v) is 46.6. The van der Waals surface area contributed by atoms with Crippen molar-refractivity contribution in [2.75, 3.05) is 39.3 Å². The van der Waals surface area contributed by atoms with E-state index in [1.165, 1.54) is 32.6 Å². The van der Waals surface area contributed by atoms with Crippen molar-refractivity contribution >= 4 is 80.1 Å². The Bertz CT molecular complexity index is 3910. The number of amides is 3. The number of rotatable bonds is 36. The van der Waals surface area contributed by atoms with Gasteiger partial charge in [0, 0.05) is 66.1 Å². The summed E-state index contributed by atoms with van der Waals surface area (Å²) in [5.74, 6) is -0.141. The first kappa shape index (κ1) is 92.4. The fourth-order valence-electron chi connectivity index (χ4n) is 17.9. The standard InChI is InChI=1S/2C29H43N5O3Si.C29H40N4O4Si/c2*1-7-25(29(6)26(22(2)30)34(27(35)36-29)21-15-14-20-32-33-31)37-38(28(3,4)5,23-16-10-8-11-17-23)24-18-12-9-13-19-24;1-7-25(29(6)26(22(2)34)33(27(35)36-29)21-15-14-20-31-32-30)37-38(28(3,4)5,23-16-10-8-11-17-23)24-18-12-9-13-19-24/h2*8-13,16-19,22,25-26H,7,14-15,20-21,30H2,1-6H3;8-13,16-19,25-26H,7,14-15,20-21H2,1-6H3/t22-,25+,26+,29+;22-,25-,26-,29-;25-,26-,29-/m011/s1. The molecule has 3 aliphatic rings. The lowest BCUT2D eigenvalue weighted by molar-refractivity contribution is -0.128. The molecule has 3 aliphatic heterocycles. The summed E-state index contributed by atoms with van der Waals surface area (Å²) in [6.45, 7) is 39.8. The van der Waals surface area contributed by atoms with E-state index in [9.17, 15) is 19.2 Å². The molecule has 0 spiro atoms. The van der Waals surface area contributed by atoms with E-state index in [1.54, 1.807) is 9.80 Å². The van der Waals surface area contributed by atoms with Gasteiger partial charge < -0.3 is 39.0 Å². The lowest BCUT2D eigenvalue weighted by Crippen LogP contribution is -2.70. The minimum atomic E-state index is -2.96. The Kier molecular flexibility index (Phi) is 32.9. The van der Waals surface area contributed by atoms with Gasteiger partial charge in [0.25, 0.3) is 25.0 Å². The van der Waals surface area contributed by atoms with Crippen LogP contribution in [-0.2, 0) is 32.3 Å². The Morgan fingerprint density at radius 1 is 0.421 bits per heavy atom. The van der Waals surface area contributed by atoms with Crippen LogP contribution in [0.15, 0.2) is 197 Å². The molecule has 0 aliphatic carbocycles. The zero-order chi connectivity index (χ0) is 83.9. The molecular weight excluding hydrogens is 1490 g/mol. The molecule has 27 heteroatoms. The van der Waals surface area contributed by atoms with Gasteiger partial charge in [0.15, 0.2) is 22.6 Å². The summed E-state index contributed by atoms with van der Waals surface area (Å²) >= 11 is 0. The van der Waals surface area contributed by atoms with Crippen molar-refractivity contribution in [2.45, 2.75) is 263 Å². The first-order chi connectivity index (χ1) is 54.1. The van der Waals surface area contributed by atoms with Gasteiger partial charge in [-0.3, -0.25) is 19.5 Å². The maximum absolute atomic E-state index is 13.3. The van der Waals surface area contributed by atoms with E-state index in [4.69, 9.17) is 55.5 Å². The van der Waals surface area contributed by atoms with Gasteiger partial charge in [-0.2, -0.15) is 0 Å². The molecule has 0 aromatic heterocycles. The van der Waals surface area contributed by atoms with E-state index >= 15 is 0 Å². The van der Waals surface area contributed by atoms with Crippen LogP contribution in [0.2, 0.25) is 15.1 Å². The summed E-state index contributed by atoms with van der Waals surface area (Å²) in [5, 5.41) is 17.0. The van der Waals surface area contributed by atoms with Crippen LogP contribution in [0.4, 0.5) is 14.4 Å². The highest BCUT2D eigenvalue weighted by Gasteiger charge is 2.64. The molecule has 24 nitrogen and oxygen atoms in total. The fourth-order valence-corrected chi connectivity index (χ4v) is 32.4. The van der Waals surface area contributed by atoms with Gasteiger partial charge in [0.2, 0.25) is 0 Å². The van der Waals surface area contributed by atoms with Crippen molar-refractivity contribution in [3.05, 3.63) is 213 Å². The van der Waals surface area contributed by atoms with E-state index in [2.05, 4.69) is 228 Å². The average molecular weight is 1610 g/mol. The normalized spacial score (nSPS) is 21.2. The maximum Gasteiger partial charge on any atom is 0.411 e. The Balaban J connectivity index is 0.000000237. The Labute approximate surface area is 680 Å².